The lowest BCUT2D eigenvalue weighted by atomic mass is 9.82. The van der Waals surface area contributed by atoms with Crippen LogP contribution in [0, 0.1) is 29.1 Å². The number of benzene rings is 1. The van der Waals surface area contributed by atoms with E-state index in [0.29, 0.717) is 60.2 Å². The zero-order chi connectivity index (χ0) is 32.2. The van der Waals surface area contributed by atoms with Crippen molar-refractivity contribution in [1.82, 2.24) is 28.4 Å². The van der Waals surface area contributed by atoms with Crippen molar-refractivity contribution < 1.29 is 18.0 Å². The molecule has 0 radical (unpaired) electrons. The normalized spacial score (nSPS) is 25.9. The molecule has 1 aliphatic carbocycles. The third-order valence-electron chi connectivity index (χ3n) is 10.2. The fourth-order valence-electron chi connectivity index (χ4n) is 7.51. The summed E-state index contributed by atoms with van der Waals surface area (Å²) in [6.45, 7) is 3.85. The minimum absolute atomic E-state index is 0.0602. The van der Waals surface area contributed by atoms with Crippen LogP contribution in [0.15, 0.2) is 85.2 Å². The Morgan fingerprint density at radius 2 is 1.46 bits per heavy atom. The lowest BCUT2D eigenvalue weighted by Crippen LogP contribution is -2.48. The Bertz CT molecular complexity index is 1780. The highest BCUT2D eigenvalue weighted by molar-refractivity contribution is 7.86. The van der Waals surface area contributed by atoms with Gasteiger partial charge in [0.05, 0.1) is 11.6 Å². The number of pyridine rings is 2. The minimum Gasteiger partial charge on any atom is -0.339 e. The van der Waals surface area contributed by atoms with Crippen molar-refractivity contribution in [2.45, 2.75) is 31.3 Å². The van der Waals surface area contributed by atoms with E-state index in [2.05, 4.69) is 23.0 Å². The van der Waals surface area contributed by atoms with Gasteiger partial charge in [0.15, 0.2) is 11.3 Å². The molecule has 236 valence electrons. The number of carbonyl (C=O) groups excluding carboxylic acids is 2. The van der Waals surface area contributed by atoms with Crippen LogP contribution in [0.1, 0.15) is 46.8 Å². The van der Waals surface area contributed by atoms with Crippen molar-refractivity contribution in [3.05, 3.63) is 107 Å². The number of hydrogen-bond donors (Lipinski definition) is 0. The molecule has 4 fully saturated rings. The maximum atomic E-state index is 15.0. The molecule has 0 spiro atoms. The topological polar surface area (TPSA) is 131 Å². The number of nitriles is 1. The monoisotopic (exact) mass is 637 g/mol. The zero-order valence-corrected chi connectivity index (χ0v) is 26.5. The SMILES string of the molecule is CC1CCN(S(=O)(=O)N2CC3C(C2)C3N2C(=O)C(c3ccncc3)(c3ccncc3)N(C)C2=CC(=O)c2ccc(C#N)cc2)CC1. The molecular weight excluding hydrogens is 602 g/mol. The molecule has 3 saturated heterocycles. The molecule has 3 aromatic rings. The highest BCUT2D eigenvalue weighted by Gasteiger charge is 2.68. The first-order valence-corrected chi connectivity index (χ1v) is 17.0. The number of rotatable bonds is 7. The van der Waals surface area contributed by atoms with Crippen LogP contribution in [0.4, 0.5) is 0 Å². The van der Waals surface area contributed by atoms with E-state index in [1.165, 1.54) is 6.08 Å². The molecule has 1 amide bonds. The number of hydrogen-bond acceptors (Lipinski definition) is 8. The summed E-state index contributed by atoms with van der Waals surface area (Å²) in [6, 6.07) is 15.4. The van der Waals surface area contributed by atoms with E-state index in [0.717, 1.165) is 12.8 Å². The number of nitrogens with zero attached hydrogens (tertiary/aromatic N) is 7. The molecule has 4 aliphatic rings. The predicted octanol–water partition coefficient (Wildman–Crippen LogP) is 3.00. The van der Waals surface area contributed by atoms with Gasteiger partial charge in [0, 0.05) is 87.5 Å². The van der Waals surface area contributed by atoms with E-state index in [-0.39, 0.29) is 29.6 Å². The largest absolute Gasteiger partial charge is 0.339 e. The van der Waals surface area contributed by atoms with Gasteiger partial charge >= 0.3 is 0 Å². The quantitative estimate of drug-likeness (QED) is 0.286. The average molecular weight is 638 g/mol. The van der Waals surface area contributed by atoms with Gasteiger partial charge in [-0.3, -0.25) is 24.5 Å². The molecule has 3 aliphatic heterocycles. The predicted molar refractivity (Wildman–Crippen MR) is 169 cm³/mol. The van der Waals surface area contributed by atoms with Crippen LogP contribution in [0.25, 0.3) is 0 Å². The lowest BCUT2D eigenvalue weighted by Gasteiger charge is -2.35. The first kappa shape index (κ1) is 30.2. The summed E-state index contributed by atoms with van der Waals surface area (Å²) in [5.41, 5.74) is 0.902. The number of piperidine rings is 2. The maximum absolute atomic E-state index is 15.0. The summed E-state index contributed by atoms with van der Waals surface area (Å²) in [5.74, 6) is 0.305. The Labute approximate surface area is 268 Å². The van der Waals surface area contributed by atoms with Crippen LogP contribution in [0.3, 0.4) is 0 Å². The number of allylic oxidation sites excluding steroid dienone is 1. The molecule has 12 heteroatoms. The van der Waals surface area contributed by atoms with E-state index >= 15 is 4.79 Å². The molecule has 5 heterocycles. The highest BCUT2D eigenvalue weighted by Crippen LogP contribution is 2.56. The van der Waals surface area contributed by atoms with Gasteiger partial charge in [-0.25, -0.2) is 0 Å². The molecule has 0 N–H and O–H groups in total. The van der Waals surface area contributed by atoms with E-state index in [1.807, 2.05) is 11.9 Å². The van der Waals surface area contributed by atoms with Crippen LogP contribution >= 0.6 is 0 Å². The van der Waals surface area contributed by atoms with Crippen molar-refractivity contribution in [3.8, 4) is 6.07 Å². The molecule has 2 aromatic heterocycles. The number of carbonyl (C=O) groups is 2. The number of amides is 1. The van der Waals surface area contributed by atoms with Crippen molar-refractivity contribution >= 4 is 21.9 Å². The van der Waals surface area contributed by atoms with Crippen molar-refractivity contribution in [2.24, 2.45) is 17.8 Å². The standard InChI is InChI=1S/C34H35N7O4S/c1-23-11-17-39(18-12-23)46(44,45)40-21-28-29(22-40)32(28)41-31(19-30(42)25-5-3-24(20-35)4-6-25)38(2)34(33(41)43,26-7-13-36-14-8-26)27-9-15-37-16-10-27/h3-10,13-16,19,23,28-29,32H,11-12,17-18,21-22H2,1-2H3. The molecule has 2 atom stereocenters. The van der Waals surface area contributed by atoms with Crippen molar-refractivity contribution in [3.63, 3.8) is 0 Å². The lowest BCUT2D eigenvalue weighted by molar-refractivity contribution is -0.132. The van der Waals surface area contributed by atoms with Gasteiger partial charge in [0.2, 0.25) is 0 Å². The first-order chi connectivity index (χ1) is 22.2. The fourth-order valence-corrected chi connectivity index (χ4v) is 9.23. The van der Waals surface area contributed by atoms with Gasteiger partial charge in [-0.05, 0) is 78.4 Å². The summed E-state index contributed by atoms with van der Waals surface area (Å²) >= 11 is 0. The first-order valence-electron chi connectivity index (χ1n) is 15.6. The summed E-state index contributed by atoms with van der Waals surface area (Å²) in [7, 11) is -1.79. The molecule has 7 rings (SSSR count). The van der Waals surface area contributed by atoms with Crippen molar-refractivity contribution in [2.75, 3.05) is 33.2 Å². The summed E-state index contributed by atoms with van der Waals surface area (Å²) < 4.78 is 30.3. The number of likely N-dealkylation sites (N-methyl/N-ethyl adjacent to an activating group) is 1. The molecule has 1 saturated carbocycles. The smallest absolute Gasteiger partial charge is 0.281 e. The van der Waals surface area contributed by atoms with E-state index in [9.17, 15) is 18.5 Å². The Morgan fingerprint density at radius 3 is 1.98 bits per heavy atom. The molecule has 11 nitrogen and oxygen atoms in total. The average Bonchev–Trinajstić information content (AvgIpc) is 3.43. The second kappa shape index (κ2) is 11.4. The van der Waals surface area contributed by atoms with Gasteiger partial charge in [0.25, 0.3) is 16.1 Å². The van der Waals surface area contributed by atoms with E-state index in [1.54, 1.807) is 86.8 Å². The second-order valence-electron chi connectivity index (χ2n) is 12.7. The summed E-state index contributed by atoms with van der Waals surface area (Å²) in [5, 5.41) is 9.22. The summed E-state index contributed by atoms with van der Waals surface area (Å²) in [6.07, 6.45) is 9.76. The third kappa shape index (κ3) is 4.73. The van der Waals surface area contributed by atoms with Crippen LogP contribution in [-0.2, 0) is 20.5 Å². The third-order valence-corrected chi connectivity index (χ3v) is 12.2. The molecule has 1 aromatic carbocycles. The Balaban J connectivity index is 1.27. The Hall–Kier alpha value is -4.44. The van der Waals surface area contributed by atoms with Crippen LogP contribution in [0.5, 0.6) is 0 Å². The molecule has 0 bridgehead atoms. The Morgan fingerprint density at radius 1 is 0.913 bits per heavy atom. The Kier molecular flexibility index (Phi) is 7.50. The number of ketones is 1. The molecule has 2 unspecified atom stereocenters. The maximum Gasteiger partial charge on any atom is 0.281 e. The highest BCUT2D eigenvalue weighted by atomic mass is 32.2. The van der Waals surface area contributed by atoms with E-state index < -0.39 is 15.7 Å². The van der Waals surface area contributed by atoms with Gasteiger partial charge < -0.3 is 4.90 Å². The summed E-state index contributed by atoms with van der Waals surface area (Å²) in [4.78, 5) is 40.7. The van der Waals surface area contributed by atoms with E-state index in [4.69, 9.17) is 0 Å². The van der Waals surface area contributed by atoms with Gasteiger partial charge in [-0.2, -0.15) is 22.3 Å². The van der Waals surface area contributed by atoms with Crippen molar-refractivity contribution in [1.29, 1.82) is 5.26 Å². The van der Waals surface area contributed by atoms with Gasteiger partial charge in [-0.1, -0.05) is 6.92 Å². The fraction of sp³-hybridized carbons (Fsp3) is 0.382. The molecular formula is C34H35N7O4S. The van der Waals surface area contributed by atoms with Crippen LogP contribution in [-0.4, -0.2) is 87.8 Å². The number of fused-ring (bicyclic) bond motifs is 1. The second-order valence-corrected chi connectivity index (χ2v) is 14.6. The van der Waals surface area contributed by atoms with Crippen LogP contribution < -0.4 is 0 Å². The molecule has 46 heavy (non-hydrogen) atoms. The van der Waals surface area contributed by atoms with Crippen LogP contribution in [0.2, 0.25) is 0 Å². The zero-order valence-electron chi connectivity index (χ0n) is 25.7. The number of aromatic nitrogens is 2. The van der Waals surface area contributed by atoms with Gasteiger partial charge in [-0.15, -0.1) is 0 Å². The minimum atomic E-state index is -3.59. The van der Waals surface area contributed by atoms with Gasteiger partial charge in [0.1, 0.15) is 5.82 Å².